The van der Waals surface area contributed by atoms with Gasteiger partial charge in [-0.2, -0.15) is 0 Å². The van der Waals surface area contributed by atoms with E-state index < -0.39 is 21.5 Å². The molecule has 0 aliphatic heterocycles. The Morgan fingerprint density at radius 2 is 1.73 bits per heavy atom. The van der Waals surface area contributed by atoms with E-state index in [1.165, 1.54) is 35.5 Å². The average molecular weight is 482 g/mol. The number of hydrogen-bond acceptors (Lipinski definition) is 7. The van der Waals surface area contributed by atoms with Crippen molar-refractivity contribution in [3.63, 3.8) is 0 Å². The molecule has 0 aliphatic carbocycles. The number of sulfone groups is 1. The Hall–Kier alpha value is -3.30. The van der Waals surface area contributed by atoms with Crippen LogP contribution in [-0.2, 0) is 21.2 Å². The molecule has 0 N–H and O–H groups in total. The monoisotopic (exact) mass is 481 g/mol. The Morgan fingerprint density at radius 1 is 1.03 bits per heavy atom. The first kappa shape index (κ1) is 22.9. The second-order valence-electron chi connectivity index (χ2n) is 7.62. The van der Waals surface area contributed by atoms with Crippen LogP contribution < -0.4 is 9.64 Å². The van der Waals surface area contributed by atoms with E-state index >= 15 is 0 Å². The highest BCUT2D eigenvalue weighted by molar-refractivity contribution is 7.92. The maximum atomic E-state index is 13.4. The van der Waals surface area contributed by atoms with Crippen LogP contribution in [0, 0.1) is 13.8 Å². The van der Waals surface area contributed by atoms with Crippen molar-refractivity contribution >= 4 is 42.4 Å². The number of carbonyl (C=O) groups excluding carboxylic acids is 1. The van der Waals surface area contributed by atoms with Crippen LogP contribution >= 0.6 is 11.3 Å². The molecule has 0 spiro atoms. The van der Waals surface area contributed by atoms with Gasteiger partial charge in [0.1, 0.15) is 11.5 Å². The Kier molecular flexibility index (Phi) is 6.44. The molecule has 0 saturated carbocycles. The van der Waals surface area contributed by atoms with Gasteiger partial charge < -0.3 is 4.74 Å². The van der Waals surface area contributed by atoms with E-state index in [2.05, 4.69) is 4.98 Å². The molecule has 0 saturated heterocycles. The molecule has 2 aromatic heterocycles. The molecule has 0 fully saturated rings. The molecule has 9 heteroatoms. The van der Waals surface area contributed by atoms with Crippen molar-refractivity contribution in [2.24, 2.45) is 0 Å². The molecule has 2 heterocycles. The summed E-state index contributed by atoms with van der Waals surface area (Å²) in [4.78, 5) is 23.6. The molecule has 0 aliphatic rings. The number of anilines is 1. The van der Waals surface area contributed by atoms with Crippen LogP contribution in [-0.4, -0.2) is 37.2 Å². The lowest BCUT2D eigenvalue weighted by molar-refractivity contribution is -0.116. The predicted octanol–water partition coefficient (Wildman–Crippen LogP) is 4.32. The number of carbonyl (C=O) groups is 1. The minimum atomic E-state index is -3.86. The molecule has 2 aromatic carbocycles. The number of methoxy groups -OCH3 is 1. The van der Waals surface area contributed by atoms with E-state index in [1.807, 2.05) is 26.0 Å². The average Bonchev–Trinajstić information content (AvgIpc) is 3.25. The van der Waals surface area contributed by atoms with Crippen LogP contribution in [0.15, 0.2) is 65.8 Å². The van der Waals surface area contributed by atoms with Gasteiger partial charge in [0, 0.05) is 12.4 Å². The summed E-state index contributed by atoms with van der Waals surface area (Å²) in [6.45, 7) is 4.19. The van der Waals surface area contributed by atoms with Gasteiger partial charge >= 0.3 is 0 Å². The molecular formula is C24H23N3O4S2. The second-order valence-corrected chi connectivity index (χ2v) is 10.6. The Balaban J connectivity index is 1.70. The van der Waals surface area contributed by atoms with Gasteiger partial charge in [0.15, 0.2) is 15.0 Å². The van der Waals surface area contributed by atoms with E-state index in [0.29, 0.717) is 10.9 Å². The zero-order chi connectivity index (χ0) is 23.6. The van der Waals surface area contributed by atoms with E-state index in [0.717, 1.165) is 26.9 Å². The fourth-order valence-corrected chi connectivity index (χ4v) is 5.61. The van der Waals surface area contributed by atoms with Gasteiger partial charge in [-0.3, -0.25) is 14.7 Å². The fourth-order valence-electron chi connectivity index (χ4n) is 3.37. The van der Waals surface area contributed by atoms with Crippen molar-refractivity contribution in [3.05, 3.63) is 77.6 Å². The fraction of sp³-hybridized carbons (Fsp3) is 0.208. The summed E-state index contributed by atoms with van der Waals surface area (Å²) in [7, 11) is -2.35. The van der Waals surface area contributed by atoms with E-state index in [9.17, 15) is 13.2 Å². The smallest absolute Gasteiger partial charge is 0.244 e. The van der Waals surface area contributed by atoms with Crippen molar-refractivity contribution in [1.82, 2.24) is 9.97 Å². The topological polar surface area (TPSA) is 89.5 Å². The summed E-state index contributed by atoms with van der Waals surface area (Å²) in [5.41, 5.74) is 3.79. The van der Waals surface area contributed by atoms with E-state index in [4.69, 9.17) is 9.72 Å². The summed E-state index contributed by atoms with van der Waals surface area (Å²) in [6, 6.07) is 13.6. The van der Waals surface area contributed by atoms with Crippen molar-refractivity contribution in [1.29, 1.82) is 0 Å². The van der Waals surface area contributed by atoms with Gasteiger partial charge in [-0.25, -0.2) is 13.4 Å². The molecular weight excluding hydrogens is 458 g/mol. The minimum Gasteiger partial charge on any atom is -0.497 e. The first-order chi connectivity index (χ1) is 15.8. The lowest BCUT2D eigenvalue weighted by atomic mass is 10.1. The SMILES string of the molecule is COc1ccc(S(=O)(=O)CC(=O)N(Cc2ccncc2)c2nc3c(C)c(C)ccc3s2)cc1. The minimum absolute atomic E-state index is 0.0660. The number of nitrogens with zero attached hydrogens (tertiary/aromatic N) is 3. The third kappa shape index (κ3) is 4.89. The molecule has 0 atom stereocenters. The number of benzene rings is 2. The number of rotatable bonds is 7. The van der Waals surface area contributed by atoms with Gasteiger partial charge in [0.05, 0.1) is 28.8 Å². The van der Waals surface area contributed by atoms with Crippen LogP contribution in [0.5, 0.6) is 5.75 Å². The summed E-state index contributed by atoms with van der Waals surface area (Å²) in [6.07, 6.45) is 3.27. The number of pyridine rings is 1. The molecule has 170 valence electrons. The van der Waals surface area contributed by atoms with Crippen molar-refractivity contribution in [2.45, 2.75) is 25.3 Å². The lowest BCUT2D eigenvalue weighted by Gasteiger charge is -2.20. The number of hydrogen-bond donors (Lipinski definition) is 0. The van der Waals surface area contributed by atoms with E-state index in [1.54, 1.807) is 36.7 Å². The van der Waals surface area contributed by atoms with Gasteiger partial charge in [0.2, 0.25) is 5.91 Å². The normalized spacial score (nSPS) is 11.5. The van der Waals surface area contributed by atoms with Gasteiger partial charge in [-0.1, -0.05) is 17.4 Å². The highest BCUT2D eigenvalue weighted by Gasteiger charge is 2.27. The maximum absolute atomic E-state index is 13.4. The maximum Gasteiger partial charge on any atom is 0.244 e. The lowest BCUT2D eigenvalue weighted by Crippen LogP contribution is -2.35. The third-order valence-corrected chi connectivity index (χ3v) is 8.09. The molecule has 4 aromatic rings. The summed E-state index contributed by atoms with van der Waals surface area (Å²) in [5.74, 6) is -0.672. The Labute approximate surface area is 196 Å². The molecule has 33 heavy (non-hydrogen) atoms. The number of ether oxygens (including phenoxy) is 1. The van der Waals surface area contributed by atoms with Crippen molar-refractivity contribution < 1.29 is 17.9 Å². The number of thiazole rings is 1. The standard InChI is InChI=1S/C24H23N3O4S2/c1-16-4-9-21-23(17(16)2)26-24(32-21)27(14-18-10-12-25-13-11-18)22(28)15-33(29,30)20-7-5-19(31-3)6-8-20/h4-13H,14-15H2,1-3H3. The van der Waals surface area contributed by atoms with Gasteiger partial charge in [-0.15, -0.1) is 0 Å². The summed E-state index contributed by atoms with van der Waals surface area (Å²) in [5, 5.41) is 0.463. The number of fused-ring (bicyclic) bond motifs is 1. The molecule has 1 amide bonds. The predicted molar refractivity (Wildman–Crippen MR) is 130 cm³/mol. The quantitative estimate of drug-likeness (QED) is 0.390. The first-order valence-corrected chi connectivity index (χ1v) is 12.7. The van der Waals surface area contributed by atoms with Crippen LogP contribution in [0.2, 0.25) is 0 Å². The molecule has 0 bridgehead atoms. The number of aromatic nitrogens is 2. The zero-order valence-corrected chi connectivity index (χ0v) is 20.1. The molecule has 0 unspecified atom stereocenters. The number of aryl methyl sites for hydroxylation is 2. The molecule has 4 rings (SSSR count). The second kappa shape index (κ2) is 9.29. The summed E-state index contributed by atoms with van der Waals surface area (Å²) < 4.78 is 32.0. The largest absolute Gasteiger partial charge is 0.497 e. The number of amides is 1. The Bertz CT molecular complexity index is 1400. The first-order valence-electron chi connectivity index (χ1n) is 10.2. The summed E-state index contributed by atoms with van der Waals surface area (Å²) >= 11 is 1.37. The van der Waals surface area contributed by atoms with Crippen LogP contribution in [0.1, 0.15) is 16.7 Å². The van der Waals surface area contributed by atoms with E-state index in [-0.39, 0.29) is 11.4 Å². The van der Waals surface area contributed by atoms with Crippen LogP contribution in [0.4, 0.5) is 5.13 Å². The third-order valence-electron chi connectivity index (χ3n) is 5.43. The van der Waals surface area contributed by atoms with Gasteiger partial charge in [0.25, 0.3) is 0 Å². The van der Waals surface area contributed by atoms with Crippen molar-refractivity contribution in [2.75, 3.05) is 17.8 Å². The van der Waals surface area contributed by atoms with Crippen LogP contribution in [0.25, 0.3) is 10.2 Å². The Morgan fingerprint density at radius 3 is 2.39 bits per heavy atom. The highest BCUT2D eigenvalue weighted by atomic mass is 32.2. The van der Waals surface area contributed by atoms with Crippen molar-refractivity contribution in [3.8, 4) is 5.75 Å². The van der Waals surface area contributed by atoms with Crippen LogP contribution in [0.3, 0.4) is 0 Å². The van der Waals surface area contributed by atoms with Gasteiger partial charge in [-0.05, 0) is 73.0 Å². The molecule has 0 radical (unpaired) electrons. The zero-order valence-electron chi connectivity index (χ0n) is 18.5. The molecule has 7 nitrogen and oxygen atoms in total. The highest BCUT2D eigenvalue weighted by Crippen LogP contribution is 2.33.